The quantitative estimate of drug-likeness (QED) is 0.287. The number of carbonyl (C=O) groups is 2. The third-order valence-electron chi connectivity index (χ3n) is 4.71. The molecule has 0 radical (unpaired) electrons. The first kappa shape index (κ1) is 20.0. The number of fused-ring (bicyclic) bond motifs is 1. The van der Waals surface area contributed by atoms with Gasteiger partial charge in [-0.25, -0.2) is 0 Å². The summed E-state index contributed by atoms with van der Waals surface area (Å²) in [4.78, 5) is 25.2. The first-order valence-corrected chi connectivity index (χ1v) is 9.59. The number of Topliss-reactive ketones (excluding diaryl/α,β-unsaturated/α-hetero) is 2. The van der Waals surface area contributed by atoms with Crippen molar-refractivity contribution in [3.8, 4) is 11.8 Å². The summed E-state index contributed by atoms with van der Waals surface area (Å²) in [6, 6.07) is 7.83. The lowest BCUT2D eigenvalue weighted by Gasteiger charge is -2.07. The Kier molecular flexibility index (Phi) is 7.21. The number of aryl methyl sites for hydroxylation is 1. The lowest BCUT2D eigenvalue weighted by atomic mass is 9.96. The molecular formula is C23H29NO2. The number of nitrogens with zero attached hydrogens (tertiary/aromatic N) is 1. The van der Waals surface area contributed by atoms with Crippen molar-refractivity contribution in [2.45, 2.75) is 59.3 Å². The number of ketones is 2. The highest BCUT2D eigenvalue weighted by atomic mass is 16.1. The van der Waals surface area contributed by atoms with E-state index in [0.29, 0.717) is 5.56 Å². The van der Waals surface area contributed by atoms with E-state index in [-0.39, 0.29) is 23.9 Å². The molecule has 138 valence electrons. The Bertz CT molecular complexity index is 846. The van der Waals surface area contributed by atoms with Crippen LogP contribution in [0.15, 0.2) is 24.3 Å². The fraction of sp³-hybridized carbons (Fsp3) is 0.478. The van der Waals surface area contributed by atoms with Crippen molar-refractivity contribution >= 4 is 22.5 Å². The van der Waals surface area contributed by atoms with E-state index in [1.54, 1.807) is 0 Å². The topological polar surface area (TPSA) is 39.1 Å². The summed E-state index contributed by atoms with van der Waals surface area (Å²) in [7, 11) is 1.92. The zero-order valence-electron chi connectivity index (χ0n) is 16.4. The Morgan fingerprint density at radius 3 is 2.54 bits per heavy atom. The number of para-hydroxylation sites is 1. The van der Waals surface area contributed by atoms with Gasteiger partial charge in [0.1, 0.15) is 0 Å². The second kappa shape index (κ2) is 9.38. The Morgan fingerprint density at radius 2 is 1.85 bits per heavy atom. The summed E-state index contributed by atoms with van der Waals surface area (Å²) in [5, 5.41) is 0.920. The number of carbonyl (C=O) groups excluding carboxylic acids is 2. The number of hydrogen-bond donors (Lipinski definition) is 0. The van der Waals surface area contributed by atoms with E-state index in [0.717, 1.165) is 35.9 Å². The number of rotatable bonds is 8. The van der Waals surface area contributed by atoms with Gasteiger partial charge in [-0.05, 0) is 18.4 Å². The van der Waals surface area contributed by atoms with Crippen LogP contribution in [0.5, 0.6) is 0 Å². The predicted molar refractivity (Wildman–Crippen MR) is 107 cm³/mol. The summed E-state index contributed by atoms with van der Waals surface area (Å²) in [6.07, 6.45) is 5.56. The lowest BCUT2D eigenvalue weighted by molar-refractivity contribution is -0.113. The van der Waals surface area contributed by atoms with Crippen molar-refractivity contribution in [2.75, 3.05) is 0 Å². The van der Waals surface area contributed by atoms with Gasteiger partial charge in [0, 0.05) is 41.5 Å². The third kappa shape index (κ3) is 4.64. The van der Waals surface area contributed by atoms with E-state index in [1.165, 1.54) is 12.8 Å². The Labute approximate surface area is 156 Å². The standard InChI is InChI=1S/C23H29NO2/c1-5-6-7-8-9-10-13-18(25)16-21-22(23(26)17(2)3)19-14-11-12-15-20(19)24(21)4/h11-12,14-15,17H,5-9,16H2,1-4H3. The van der Waals surface area contributed by atoms with Crippen molar-refractivity contribution in [1.29, 1.82) is 0 Å². The molecule has 0 amide bonds. The molecule has 3 nitrogen and oxygen atoms in total. The van der Waals surface area contributed by atoms with Gasteiger partial charge in [-0.3, -0.25) is 9.59 Å². The fourth-order valence-corrected chi connectivity index (χ4v) is 3.21. The van der Waals surface area contributed by atoms with Gasteiger partial charge in [0.15, 0.2) is 5.78 Å². The molecule has 0 fully saturated rings. The minimum Gasteiger partial charge on any atom is -0.346 e. The molecule has 0 aliphatic rings. The lowest BCUT2D eigenvalue weighted by Crippen LogP contribution is -2.13. The van der Waals surface area contributed by atoms with Gasteiger partial charge in [-0.1, -0.05) is 64.2 Å². The second-order valence-electron chi connectivity index (χ2n) is 7.13. The Hall–Kier alpha value is -2.34. The maximum atomic E-state index is 12.8. The molecule has 1 heterocycles. The molecule has 3 heteroatoms. The molecule has 0 spiro atoms. The molecule has 0 bridgehead atoms. The molecule has 0 saturated carbocycles. The normalized spacial score (nSPS) is 10.8. The second-order valence-corrected chi connectivity index (χ2v) is 7.13. The van der Waals surface area contributed by atoms with Crippen LogP contribution in [0.3, 0.4) is 0 Å². The summed E-state index contributed by atoms with van der Waals surface area (Å²) >= 11 is 0. The Balaban J connectivity index is 2.25. The average molecular weight is 351 g/mol. The number of hydrogen-bond acceptors (Lipinski definition) is 2. The highest BCUT2D eigenvalue weighted by molar-refractivity contribution is 6.11. The molecule has 2 aromatic rings. The molecule has 0 unspecified atom stereocenters. The molecule has 2 rings (SSSR count). The zero-order chi connectivity index (χ0) is 19.1. The van der Waals surface area contributed by atoms with Gasteiger partial charge in [0.05, 0.1) is 6.42 Å². The van der Waals surface area contributed by atoms with E-state index in [4.69, 9.17) is 0 Å². The molecule has 0 aliphatic heterocycles. The number of aromatic nitrogens is 1. The molecule has 26 heavy (non-hydrogen) atoms. The van der Waals surface area contributed by atoms with Crippen molar-refractivity contribution in [3.63, 3.8) is 0 Å². The van der Waals surface area contributed by atoms with Gasteiger partial charge < -0.3 is 4.57 Å². The van der Waals surface area contributed by atoms with Crippen LogP contribution in [0.4, 0.5) is 0 Å². The highest BCUT2D eigenvalue weighted by Gasteiger charge is 2.23. The van der Waals surface area contributed by atoms with Crippen LogP contribution >= 0.6 is 0 Å². The molecule has 1 aromatic heterocycles. The van der Waals surface area contributed by atoms with E-state index >= 15 is 0 Å². The van der Waals surface area contributed by atoms with E-state index in [9.17, 15) is 9.59 Å². The zero-order valence-corrected chi connectivity index (χ0v) is 16.4. The first-order chi connectivity index (χ1) is 12.5. The number of benzene rings is 1. The van der Waals surface area contributed by atoms with Gasteiger partial charge in [-0.15, -0.1) is 0 Å². The first-order valence-electron chi connectivity index (χ1n) is 9.59. The molecule has 0 atom stereocenters. The minimum absolute atomic E-state index is 0.0807. The smallest absolute Gasteiger partial charge is 0.211 e. The van der Waals surface area contributed by atoms with Crippen LogP contribution in [0, 0.1) is 17.8 Å². The van der Waals surface area contributed by atoms with Crippen LogP contribution in [0.1, 0.15) is 68.9 Å². The highest BCUT2D eigenvalue weighted by Crippen LogP contribution is 2.28. The van der Waals surface area contributed by atoms with Crippen molar-refractivity contribution < 1.29 is 9.59 Å². The van der Waals surface area contributed by atoms with Gasteiger partial charge >= 0.3 is 0 Å². The van der Waals surface area contributed by atoms with Crippen LogP contribution < -0.4 is 0 Å². The van der Waals surface area contributed by atoms with Crippen molar-refractivity contribution in [3.05, 3.63) is 35.5 Å². The predicted octanol–water partition coefficient (Wildman–Crippen LogP) is 5.10. The monoisotopic (exact) mass is 351 g/mol. The van der Waals surface area contributed by atoms with Gasteiger partial charge in [0.25, 0.3) is 0 Å². The van der Waals surface area contributed by atoms with Crippen LogP contribution in [0.25, 0.3) is 10.9 Å². The minimum atomic E-state index is -0.121. The van der Waals surface area contributed by atoms with E-state index in [2.05, 4.69) is 18.8 Å². The summed E-state index contributed by atoms with van der Waals surface area (Å²) in [6.45, 7) is 5.96. The third-order valence-corrected chi connectivity index (χ3v) is 4.71. The van der Waals surface area contributed by atoms with Crippen molar-refractivity contribution in [2.24, 2.45) is 13.0 Å². The van der Waals surface area contributed by atoms with Crippen LogP contribution in [-0.4, -0.2) is 16.1 Å². The summed E-state index contributed by atoms with van der Waals surface area (Å²) < 4.78 is 1.96. The Morgan fingerprint density at radius 1 is 1.12 bits per heavy atom. The van der Waals surface area contributed by atoms with Crippen LogP contribution in [0.2, 0.25) is 0 Å². The molecule has 0 saturated heterocycles. The molecule has 0 aliphatic carbocycles. The molecule has 1 aromatic carbocycles. The van der Waals surface area contributed by atoms with Crippen LogP contribution in [-0.2, 0) is 18.3 Å². The maximum Gasteiger partial charge on any atom is 0.211 e. The number of unbranched alkanes of at least 4 members (excludes halogenated alkanes) is 4. The molecule has 0 N–H and O–H groups in total. The summed E-state index contributed by atoms with van der Waals surface area (Å²) in [5.74, 6) is 5.60. The average Bonchev–Trinajstić information content (AvgIpc) is 2.89. The van der Waals surface area contributed by atoms with Crippen molar-refractivity contribution in [1.82, 2.24) is 4.57 Å². The van der Waals surface area contributed by atoms with Gasteiger partial charge in [0.2, 0.25) is 5.78 Å². The molecular weight excluding hydrogens is 322 g/mol. The maximum absolute atomic E-state index is 12.8. The largest absolute Gasteiger partial charge is 0.346 e. The summed E-state index contributed by atoms with van der Waals surface area (Å²) in [5.41, 5.74) is 2.43. The SMILES string of the molecule is CCCCCCC#CC(=O)Cc1c(C(=O)C(C)C)c2ccccc2n1C. The van der Waals surface area contributed by atoms with E-state index in [1.807, 2.05) is 49.7 Å². The van der Waals surface area contributed by atoms with Gasteiger partial charge in [-0.2, -0.15) is 0 Å². The fourth-order valence-electron chi connectivity index (χ4n) is 3.21. The van der Waals surface area contributed by atoms with E-state index < -0.39 is 0 Å².